The molecule has 0 aliphatic rings. The van der Waals surface area contributed by atoms with Crippen LogP contribution in [0.25, 0.3) is 0 Å². The number of carboxylic acid groups (broad SMARTS) is 1. The van der Waals surface area contributed by atoms with Crippen molar-refractivity contribution in [1.82, 2.24) is 4.98 Å². The molecule has 1 aromatic heterocycles. The van der Waals surface area contributed by atoms with Crippen LogP contribution in [0.2, 0.25) is 5.02 Å². The molecule has 0 saturated heterocycles. The average molecular weight is 309 g/mol. The molecule has 0 fully saturated rings. The zero-order valence-electron chi connectivity index (χ0n) is 11.1. The summed E-state index contributed by atoms with van der Waals surface area (Å²) in [7, 11) is 0. The number of benzene rings is 1. The number of aromatic amines is 1. The Bertz CT molecular complexity index is 681. The van der Waals surface area contributed by atoms with E-state index < -0.39 is 11.9 Å². The number of amides is 1. The van der Waals surface area contributed by atoms with Crippen LogP contribution in [0.1, 0.15) is 16.2 Å². The van der Waals surface area contributed by atoms with Crippen LogP contribution in [-0.4, -0.2) is 28.6 Å². The summed E-state index contributed by atoms with van der Waals surface area (Å²) in [5, 5.41) is 11.9. The lowest BCUT2D eigenvalue weighted by Crippen LogP contribution is -2.21. The summed E-state index contributed by atoms with van der Waals surface area (Å²) in [4.78, 5) is 25.5. The maximum atomic E-state index is 11.8. The van der Waals surface area contributed by atoms with E-state index in [0.29, 0.717) is 16.5 Å². The number of ether oxygens (including phenoxy) is 1. The Hall–Kier alpha value is -2.47. The lowest BCUT2D eigenvalue weighted by Gasteiger charge is -2.08. The standard InChI is InChI=1S/C14H13ClN2O4/c1-8-6-10(13(16-8)14(19)20)17-12(18)7-21-11-5-3-2-4-9(11)15/h2-6,16H,7H2,1H3,(H,17,18)(H,19,20). The molecule has 0 spiro atoms. The Morgan fingerprint density at radius 2 is 2.10 bits per heavy atom. The van der Waals surface area contributed by atoms with E-state index in [9.17, 15) is 9.59 Å². The highest BCUT2D eigenvalue weighted by Gasteiger charge is 2.15. The van der Waals surface area contributed by atoms with Crippen LogP contribution in [-0.2, 0) is 4.79 Å². The van der Waals surface area contributed by atoms with Gasteiger partial charge in [0.05, 0.1) is 10.7 Å². The number of aryl methyl sites for hydroxylation is 1. The van der Waals surface area contributed by atoms with Crippen LogP contribution in [0, 0.1) is 6.92 Å². The fraction of sp³-hybridized carbons (Fsp3) is 0.143. The molecule has 0 bridgehead atoms. The van der Waals surface area contributed by atoms with Crippen molar-refractivity contribution in [2.24, 2.45) is 0 Å². The Morgan fingerprint density at radius 1 is 1.38 bits per heavy atom. The van der Waals surface area contributed by atoms with Gasteiger partial charge in [-0.2, -0.15) is 0 Å². The number of anilines is 1. The van der Waals surface area contributed by atoms with E-state index in [1.807, 2.05) is 0 Å². The second kappa shape index (κ2) is 6.32. The van der Waals surface area contributed by atoms with Gasteiger partial charge in [-0.05, 0) is 25.1 Å². The van der Waals surface area contributed by atoms with Gasteiger partial charge in [-0.1, -0.05) is 23.7 Å². The molecule has 0 aliphatic carbocycles. The normalized spacial score (nSPS) is 10.2. The maximum absolute atomic E-state index is 11.8. The van der Waals surface area contributed by atoms with Crippen molar-refractivity contribution in [1.29, 1.82) is 0 Å². The van der Waals surface area contributed by atoms with Crippen LogP contribution in [0.3, 0.4) is 0 Å². The molecule has 2 rings (SSSR count). The molecular formula is C14H13ClN2O4. The highest BCUT2D eigenvalue weighted by Crippen LogP contribution is 2.23. The third kappa shape index (κ3) is 3.76. The van der Waals surface area contributed by atoms with Gasteiger partial charge in [0.25, 0.3) is 5.91 Å². The van der Waals surface area contributed by atoms with Gasteiger partial charge in [0, 0.05) is 5.69 Å². The van der Waals surface area contributed by atoms with Crippen molar-refractivity contribution in [2.75, 3.05) is 11.9 Å². The summed E-state index contributed by atoms with van der Waals surface area (Å²) >= 11 is 5.90. The van der Waals surface area contributed by atoms with Gasteiger partial charge >= 0.3 is 5.97 Å². The smallest absolute Gasteiger partial charge is 0.354 e. The average Bonchev–Trinajstić information content (AvgIpc) is 2.79. The molecule has 0 aliphatic heterocycles. The molecular weight excluding hydrogens is 296 g/mol. The molecule has 0 saturated carbocycles. The van der Waals surface area contributed by atoms with E-state index in [2.05, 4.69) is 10.3 Å². The first kappa shape index (κ1) is 14.9. The first-order valence-corrected chi connectivity index (χ1v) is 6.45. The van der Waals surface area contributed by atoms with E-state index >= 15 is 0 Å². The summed E-state index contributed by atoms with van der Waals surface area (Å²) in [6.45, 7) is 1.43. The molecule has 0 radical (unpaired) electrons. The highest BCUT2D eigenvalue weighted by atomic mass is 35.5. The quantitative estimate of drug-likeness (QED) is 0.792. The van der Waals surface area contributed by atoms with Crippen molar-refractivity contribution in [3.05, 3.63) is 46.7 Å². The topological polar surface area (TPSA) is 91.4 Å². The van der Waals surface area contributed by atoms with E-state index in [-0.39, 0.29) is 18.0 Å². The SMILES string of the molecule is Cc1cc(NC(=O)COc2ccccc2Cl)c(C(=O)O)[nH]1. The lowest BCUT2D eigenvalue weighted by molar-refractivity contribution is -0.118. The van der Waals surface area contributed by atoms with Crippen molar-refractivity contribution in [2.45, 2.75) is 6.92 Å². The van der Waals surface area contributed by atoms with Crippen LogP contribution in [0.5, 0.6) is 5.75 Å². The Balaban J connectivity index is 1.99. The minimum atomic E-state index is -1.15. The summed E-state index contributed by atoms with van der Waals surface area (Å²) < 4.78 is 5.28. The van der Waals surface area contributed by atoms with Crippen LogP contribution in [0.4, 0.5) is 5.69 Å². The molecule has 7 heteroatoms. The number of aromatic carboxylic acids is 1. The number of rotatable bonds is 5. The fourth-order valence-electron chi connectivity index (χ4n) is 1.75. The van der Waals surface area contributed by atoms with Gasteiger partial charge in [-0.3, -0.25) is 4.79 Å². The zero-order valence-corrected chi connectivity index (χ0v) is 11.9. The Morgan fingerprint density at radius 3 is 2.76 bits per heavy atom. The minimum Gasteiger partial charge on any atom is -0.482 e. The summed E-state index contributed by atoms with van der Waals surface area (Å²) in [6, 6.07) is 8.30. The highest BCUT2D eigenvalue weighted by molar-refractivity contribution is 6.32. The molecule has 0 atom stereocenters. The minimum absolute atomic E-state index is 0.0707. The third-order valence-corrected chi connectivity index (χ3v) is 2.95. The number of para-hydroxylation sites is 1. The third-order valence-electron chi connectivity index (χ3n) is 2.64. The van der Waals surface area contributed by atoms with E-state index in [1.54, 1.807) is 31.2 Å². The number of carbonyl (C=O) groups is 2. The van der Waals surface area contributed by atoms with Gasteiger partial charge in [-0.25, -0.2) is 4.79 Å². The monoisotopic (exact) mass is 308 g/mol. The number of hydrogen-bond donors (Lipinski definition) is 3. The number of halogens is 1. The second-order valence-corrected chi connectivity index (χ2v) is 4.72. The summed E-state index contributed by atoms with van der Waals surface area (Å²) in [5.74, 6) is -1.24. The Kier molecular flexibility index (Phi) is 4.49. The molecule has 6 nitrogen and oxygen atoms in total. The molecule has 0 unspecified atom stereocenters. The zero-order chi connectivity index (χ0) is 15.4. The van der Waals surface area contributed by atoms with Crippen LogP contribution < -0.4 is 10.1 Å². The molecule has 1 amide bonds. The van der Waals surface area contributed by atoms with E-state index in [0.717, 1.165) is 0 Å². The number of aromatic nitrogens is 1. The van der Waals surface area contributed by atoms with Crippen molar-refractivity contribution < 1.29 is 19.4 Å². The number of nitrogens with one attached hydrogen (secondary N) is 2. The number of carbonyl (C=O) groups excluding carboxylic acids is 1. The van der Waals surface area contributed by atoms with Gasteiger partial charge < -0.3 is 20.1 Å². The van der Waals surface area contributed by atoms with Gasteiger partial charge in [-0.15, -0.1) is 0 Å². The van der Waals surface area contributed by atoms with Crippen molar-refractivity contribution >= 4 is 29.2 Å². The molecule has 21 heavy (non-hydrogen) atoms. The predicted molar refractivity (Wildman–Crippen MR) is 78.1 cm³/mol. The molecule has 110 valence electrons. The molecule has 2 aromatic rings. The number of H-pyrrole nitrogens is 1. The molecule has 1 heterocycles. The first-order valence-electron chi connectivity index (χ1n) is 6.07. The van der Waals surface area contributed by atoms with Crippen LogP contribution >= 0.6 is 11.6 Å². The van der Waals surface area contributed by atoms with Crippen molar-refractivity contribution in [3.63, 3.8) is 0 Å². The second-order valence-electron chi connectivity index (χ2n) is 4.31. The maximum Gasteiger partial charge on any atom is 0.354 e. The summed E-state index contributed by atoms with van der Waals surface area (Å²) in [6.07, 6.45) is 0. The largest absolute Gasteiger partial charge is 0.482 e. The summed E-state index contributed by atoms with van der Waals surface area (Å²) in [5.41, 5.74) is 0.765. The van der Waals surface area contributed by atoms with Crippen LogP contribution in [0.15, 0.2) is 30.3 Å². The van der Waals surface area contributed by atoms with Gasteiger partial charge in [0.1, 0.15) is 11.4 Å². The molecule has 1 aromatic carbocycles. The van der Waals surface area contributed by atoms with Gasteiger partial charge in [0.15, 0.2) is 6.61 Å². The number of carboxylic acids is 1. The molecule has 3 N–H and O–H groups in total. The van der Waals surface area contributed by atoms with Gasteiger partial charge in [0.2, 0.25) is 0 Å². The van der Waals surface area contributed by atoms with Crippen molar-refractivity contribution in [3.8, 4) is 5.75 Å². The fourth-order valence-corrected chi connectivity index (χ4v) is 1.94. The number of hydrogen-bond acceptors (Lipinski definition) is 3. The van der Waals surface area contributed by atoms with E-state index in [4.69, 9.17) is 21.4 Å². The predicted octanol–water partition coefficient (Wildman–Crippen LogP) is 2.69. The lowest BCUT2D eigenvalue weighted by atomic mass is 10.3. The Labute approximate surface area is 125 Å². The van der Waals surface area contributed by atoms with E-state index in [1.165, 1.54) is 6.07 Å². The first-order chi connectivity index (χ1) is 9.97.